The van der Waals surface area contributed by atoms with E-state index >= 15 is 0 Å². The lowest BCUT2D eigenvalue weighted by Crippen LogP contribution is -2.40. The average Bonchev–Trinajstić information content (AvgIpc) is 2.83. The van der Waals surface area contributed by atoms with E-state index in [4.69, 9.17) is 9.47 Å². The number of phenolic OH excluding ortho intramolecular Hbond substituents is 1. The molecule has 0 aromatic heterocycles. The van der Waals surface area contributed by atoms with Crippen molar-refractivity contribution in [2.75, 3.05) is 0 Å². The van der Waals surface area contributed by atoms with Crippen LogP contribution in [0.3, 0.4) is 0 Å². The molecule has 0 amide bonds. The van der Waals surface area contributed by atoms with Gasteiger partial charge in [-0.1, -0.05) is 67.8 Å². The second kappa shape index (κ2) is 10.2. The van der Waals surface area contributed by atoms with Gasteiger partial charge in [-0.25, -0.2) is 4.79 Å². The van der Waals surface area contributed by atoms with Crippen LogP contribution in [0.1, 0.15) is 78.2 Å². The standard InChI is InChI=1S/C31H31F3O4/c1-6-7-8-9-20-17-25(35)27(24-16-19(4)10-15-23(24)18(2)3)28-26(20)29(36)38-30(5,37-28)21-11-13-22(14-12-21)31(32,33)34/h10-17,35H,2,6-9H2,1,3-5H3. The van der Waals surface area contributed by atoms with E-state index in [1.54, 1.807) is 6.07 Å². The Morgan fingerprint density at radius 3 is 2.32 bits per heavy atom. The summed E-state index contributed by atoms with van der Waals surface area (Å²) < 4.78 is 51.6. The van der Waals surface area contributed by atoms with Crippen molar-refractivity contribution in [1.29, 1.82) is 0 Å². The fourth-order valence-electron chi connectivity index (χ4n) is 4.81. The van der Waals surface area contributed by atoms with Crippen LogP contribution in [0.25, 0.3) is 16.7 Å². The molecule has 0 aliphatic carbocycles. The van der Waals surface area contributed by atoms with Gasteiger partial charge in [0.05, 0.1) is 11.1 Å². The molecule has 4 rings (SSSR count). The first kappa shape index (κ1) is 27.3. The van der Waals surface area contributed by atoms with Crippen molar-refractivity contribution < 1.29 is 32.5 Å². The molecule has 1 atom stereocenters. The molecule has 3 aromatic rings. The van der Waals surface area contributed by atoms with Gasteiger partial charge in [0.1, 0.15) is 11.3 Å². The zero-order chi connectivity index (χ0) is 27.8. The van der Waals surface area contributed by atoms with Crippen molar-refractivity contribution in [3.05, 3.63) is 88.5 Å². The minimum absolute atomic E-state index is 0.0622. The number of aromatic hydroxyl groups is 1. The molecule has 1 aliphatic rings. The van der Waals surface area contributed by atoms with Crippen molar-refractivity contribution in [3.63, 3.8) is 0 Å². The monoisotopic (exact) mass is 524 g/mol. The summed E-state index contributed by atoms with van der Waals surface area (Å²) in [4.78, 5) is 13.6. The number of carbonyl (C=O) groups is 1. The van der Waals surface area contributed by atoms with Crippen molar-refractivity contribution in [2.24, 2.45) is 0 Å². The molecule has 4 nitrogen and oxygen atoms in total. The van der Waals surface area contributed by atoms with E-state index in [0.717, 1.165) is 48.1 Å². The van der Waals surface area contributed by atoms with E-state index in [0.29, 0.717) is 23.1 Å². The van der Waals surface area contributed by atoms with E-state index in [1.807, 2.05) is 32.0 Å². The molecule has 1 heterocycles. The number of hydrogen-bond acceptors (Lipinski definition) is 4. The number of cyclic esters (lactones) is 1. The fourth-order valence-corrected chi connectivity index (χ4v) is 4.81. The van der Waals surface area contributed by atoms with Gasteiger partial charge >= 0.3 is 12.1 Å². The molecule has 1 aliphatic heterocycles. The Morgan fingerprint density at radius 2 is 1.71 bits per heavy atom. The molecule has 0 saturated carbocycles. The molecule has 200 valence electrons. The number of unbranched alkanes of at least 4 members (excludes halogenated alkanes) is 2. The number of carbonyl (C=O) groups excluding carboxylic acids is 1. The van der Waals surface area contributed by atoms with Crippen molar-refractivity contribution in [1.82, 2.24) is 0 Å². The van der Waals surface area contributed by atoms with E-state index < -0.39 is 23.5 Å². The number of fused-ring (bicyclic) bond motifs is 1. The highest BCUT2D eigenvalue weighted by Crippen LogP contribution is 2.50. The normalized spacial score (nSPS) is 17.0. The van der Waals surface area contributed by atoms with Crippen LogP contribution in [-0.4, -0.2) is 11.1 Å². The Kier molecular flexibility index (Phi) is 7.33. The third-order valence-electron chi connectivity index (χ3n) is 6.82. The predicted octanol–water partition coefficient (Wildman–Crippen LogP) is 8.57. The number of hydrogen-bond donors (Lipinski definition) is 1. The Bertz CT molecular complexity index is 1390. The first-order valence-corrected chi connectivity index (χ1v) is 12.6. The minimum Gasteiger partial charge on any atom is -0.507 e. The number of esters is 1. The smallest absolute Gasteiger partial charge is 0.416 e. The van der Waals surface area contributed by atoms with Crippen LogP contribution in [0.2, 0.25) is 0 Å². The number of aryl methyl sites for hydroxylation is 2. The highest BCUT2D eigenvalue weighted by Gasteiger charge is 2.44. The van der Waals surface area contributed by atoms with Gasteiger partial charge in [0.15, 0.2) is 5.75 Å². The summed E-state index contributed by atoms with van der Waals surface area (Å²) in [6, 6.07) is 11.6. The number of benzene rings is 3. The maximum Gasteiger partial charge on any atom is 0.416 e. The number of halogens is 3. The number of rotatable bonds is 7. The zero-order valence-electron chi connectivity index (χ0n) is 22.0. The van der Waals surface area contributed by atoms with Gasteiger partial charge in [0.2, 0.25) is 0 Å². The van der Waals surface area contributed by atoms with Crippen molar-refractivity contribution in [3.8, 4) is 22.6 Å². The van der Waals surface area contributed by atoms with Gasteiger partial charge in [-0.05, 0) is 61.6 Å². The van der Waals surface area contributed by atoms with E-state index in [2.05, 4.69) is 13.5 Å². The quantitative estimate of drug-likeness (QED) is 0.248. The lowest BCUT2D eigenvalue weighted by Gasteiger charge is -2.37. The topological polar surface area (TPSA) is 55.8 Å². The molecule has 0 bridgehead atoms. The first-order chi connectivity index (χ1) is 17.9. The van der Waals surface area contributed by atoms with Crippen LogP contribution in [0.4, 0.5) is 13.2 Å². The van der Waals surface area contributed by atoms with Crippen LogP contribution in [0.15, 0.2) is 55.1 Å². The van der Waals surface area contributed by atoms with Gasteiger partial charge in [-0.3, -0.25) is 0 Å². The highest BCUT2D eigenvalue weighted by atomic mass is 19.4. The SMILES string of the molecule is C=C(C)c1ccc(C)cc1-c1c(O)cc(CCCCC)c2c1OC(C)(c1ccc(C(F)(F)F)cc1)OC2=O. The number of alkyl halides is 3. The second-order valence-corrected chi connectivity index (χ2v) is 9.93. The van der Waals surface area contributed by atoms with Gasteiger partial charge in [-0.15, -0.1) is 0 Å². The summed E-state index contributed by atoms with van der Waals surface area (Å²) >= 11 is 0. The third kappa shape index (κ3) is 5.15. The van der Waals surface area contributed by atoms with Crippen LogP contribution in [0.5, 0.6) is 11.5 Å². The molecule has 1 N–H and O–H groups in total. The number of ether oxygens (including phenoxy) is 2. The number of phenols is 1. The molecule has 38 heavy (non-hydrogen) atoms. The first-order valence-electron chi connectivity index (χ1n) is 12.6. The molecular formula is C31H31F3O4. The Hall–Kier alpha value is -3.74. The van der Waals surface area contributed by atoms with E-state index in [9.17, 15) is 23.1 Å². The molecule has 0 saturated heterocycles. The van der Waals surface area contributed by atoms with E-state index in [1.165, 1.54) is 19.1 Å². The summed E-state index contributed by atoms with van der Waals surface area (Å²) in [5, 5.41) is 11.3. The van der Waals surface area contributed by atoms with Gasteiger partial charge in [-0.2, -0.15) is 13.2 Å². The Labute approximate surface area is 220 Å². The van der Waals surface area contributed by atoms with E-state index in [-0.39, 0.29) is 22.6 Å². The summed E-state index contributed by atoms with van der Waals surface area (Å²) in [6.07, 6.45) is -1.27. The molecule has 7 heteroatoms. The maximum atomic E-state index is 13.6. The predicted molar refractivity (Wildman–Crippen MR) is 141 cm³/mol. The minimum atomic E-state index is -4.51. The molecule has 0 radical (unpaired) electrons. The van der Waals surface area contributed by atoms with Crippen molar-refractivity contribution in [2.45, 2.75) is 65.3 Å². The summed E-state index contributed by atoms with van der Waals surface area (Å²) in [7, 11) is 0. The van der Waals surface area contributed by atoms with Crippen LogP contribution >= 0.6 is 0 Å². The van der Waals surface area contributed by atoms with Gasteiger partial charge in [0.25, 0.3) is 5.79 Å². The second-order valence-electron chi connectivity index (χ2n) is 9.93. The summed E-state index contributed by atoms with van der Waals surface area (Å²) in [5.74, 6) is -2.30. The fraction of sp³-hybridized carbons (Fsp3) is 0.323. The highest BCUT2D eigenvalue weighted by molar-refractivity contribution is 6.01. The largest absolute Gasteiger partial charge is 0.507 e. The lowest BCUT2D eigenvalue weighted by molar-refractivity contribution is -0.149. The van der Waals surface area contributed by atoms with Crippen LogP contribution in [0, 0.1) is 6.92 Å². The van der Waals surface area contributed by atoms with Gasteiger partial charge < -0.3 is 14.6 Å². The summed E-state index contributed by atoms with van der Waals surface area (Å²) in [5.41, 5.74) is 3.62. The molecule has 3 aromatic carbocycles. The summed E-state index contributed by atoms with van der Waals surface area (Å²) in [6.45, 7) is 11.4. The molecule has 0 fully saturated rings. The number of allylic oxidation sites excluding steroid dienone is 1. The average molecular weight is 525 g/mol. The molecule has 1 unspecified atom stereocenters. The molecule has 0 spiro atoms. The van der Waals surface area contributed by atoms with Crippen LogP contribution < -0.4 is 4.74 Å². The maximum absolute atomic E-state index is 13.6. The van der Waals surface area contributed by atoms with Crippen molar-refractivity contribution >= 4 is 11.5 Å². The zero-order valence-corrected chi connectivity index (χ0v) is 22.0. The lowest BCUT2D eigenvalue weighted by atomic mass is 9.88. The molecular weight excluding hydrogens is 493 g/mol. The van der Waals surface area contributed by atoms with Crippen LogP contribution in [-0.2, 0) is 23.1 Å². The third-order valence-corrected chi connectivity index (χ3v) is 6.82. The Morgan fingerprint density at radius 1 is 1.03 bits per heavy atom. The van der Waals surface area contributed by atoms with Gasteiger partial charge in [0, 0.05) is 12.5 Å². The Balaban J connectivity index is 1.94.